The minimum atomic E-state index is -2.38. The van der Waals surface area contributed by atoms with Crippen LogP contribution in [0.15, 0.2) is 0 Å². The predicted molar refractivity (Wildman–Crippen MR) is 68.3 cm³/mol. The van der Waals surface area contributed by atoms with Crippen LogP contribution < -0.4 is 5.73 Å². The van der Waals surface area contributed by atoms with Gasteiger partial charge in [-0.25, -0.2) is 0 Å². The number of hydrogen-bond donors (Lipinski definition) is 1. The molecule has 16 heavy (non-hydrogen) atoms. The standard InChI is InChI=1S/C11H27NO3Si/c1-5-6-11(7-9-12)8-10-16(13-2,14-3)15-4/h11H,5-10,12H2,1-4H3. The average Bonchev–Trinajstić information content (AvgIpc) is 2.32. The minimum Gasteiger partial charge on any atom is -0.377 e. The maximum absolute atomic E-state index is 5.61. The van der Waals surface area contributed by atoms with Crippen molar-refractivity contribution < 1.29 is 13.3 Å². The molecule has 0 spiro atoms. The van der Waals surface area contributed by atoms with Crippen molar-refractivity contribution in [2.75, 3.05) is 27.9 Å². The fourth-order valence-corrected chi connectivity index (χ4v) is 3.89. The van der Waals surface area contributed by atoms with Gasteiger partial charge in [0.05, 0.1) is 0 Å². The fraction of sp³-hybridized carbons (Fsp3) is 1.00. The molecule has 2 N–H and O–H groups in total. The summed E-state index contributed by atoms with van der Waals surface area (Å²) in [5.41, 5.74) is 5.61. The molecule has 0 aliphatic rings. The second-order valence-corrected chi connectivity index (χ2v) is 7.16. The van der Waals surface area contributed by atoms with Gasteiger partial charge in [0.15, 0.2) is 0 Å². The summed E-state index contributed by atoms with van der Waals surface area (Å²) in [5, 5.41) is 0. The van der Waals surface area contributed by atoms with Gasteiger partial charge in [-0.3, -0.25) is 0 Å². The third-order valence-electron chi connectivity index (χ3n) is 3.06. The Kier molecular flexibility index (Phi) is 9.16. The largest absolute Gasteiger partial charge is 0.500 e. The Morgan fingerprint density at radius 2 is 1.56 bits per heavy atom. The van der Waals surface area contributed by atoms with E-state index in [4.69, 9.17) is 19.0 Å². The van der Waals surface area contributed by atoms with E-state index < -0.39 is 8.80 Å². The highest BCUT2D eigenvalue weighted by Crippen LogP contribution is 2.23. The smallest absolute Gasteiger partial charge is 0.377 e. The summed E-state index contributed by atoms with van der Waals surface area (Å²) < 4.78 is 16.2. The molecule has 0 bridgehead atoms. The molecule has 4 nitrogen and oxygen atoms in total. The molecule has 0 fully saturated rings. The van der Waals surface area contributed by atoms with Crippen LogP contribution in [0.3, 0.4) is 0 Å². The third-order valence-corrected chi connectivity index (χ3v) is 5.83. The Hall–Kier alpha value is 0.0569. The van der Waals surface area contributed by atoms with E-state index in [2.05, 4.69) is 6.92 Å². The Morgan fingerprint density at radius 3 is 1.94 bits per heavy atom. The highest BCUT2D eigenvalue weighted by molar-refractivity contribution is 6.60. The van der Waals surface area contributed by atoms with E-state index in [1.807, 2.05) is 0 Å². The first-order valence-electron chi connectivity index (χ1n) is 6.03. The molecule has 0 aliphatic carbocycles. The van der Waals surface area contributed by atoms with Crippen molar-refractivity contribution in [3.05, 3.63) is 0 Å². The van der Waals surface area contributed by atoms with Crippen molar-refractivity contribution in [1.29, 1.82) is 0 Å². The lowest BCUT2D eigenvalue weighted by molar-refractivity contribution is 0.121. The molecule has 0 aromatic rings. The van der Waals surface area contributed by atoms with Gasteiger partial charge in [0.25, 0.3) is 0 Å². The van der Waals surface area contributed by atoms with Gasteiger partial charge in [-0.05, 0) is 25.3 Å². The Balaban J connectivity index is 4.13. The number of rotatable bonds is 10. The van der Waals surface area contributed by atoms with Gasteiger partial charge >= 0.3 is 8.80 Å². The molecule has 1 atom stereocenters. The lowest BCUT2D eigenvalue weighted by Crippen LogP contribution is -2.43. The Morgan fingerprint density at radius 1 is 1.00 bits per heavy atom. The Bertz CT molecular complexity index is 151. The summed E-state index contributed by atoms with van der Waals surface area (Å²) in [5.74, 6) is 0.669. The molecular formula is C11H27NO3Si. The average molecular weight is 249 g/mol. The molecule has 0 saturated carbocycles. The van der Waals surface area contributed by atoms with E-state index in [0.717, 1.165) is 25.4 Å². The normalized spacial score (nSPS) is 14.1. The quantitative estimate of drug-likeness (QED) is 0.602. The van der Waals surface area contributed by atoms with E-state index in [-0.39, 0.29) is 0 Å². The molecular weight excluding hydrogens is 222 g/mol. The van der Waals surface area contributed by atoms with Crippen LogP contribution >= 0.6 is 0 Å². The Labute approximate surface area is 101 Å². The van der Waals surface area contributed by atoms with Gasteiger partial charge in [-0.2, -0.15) is 0 Å². The van der Waals surface area contributed by atoms with E-state index >= 15 is 0 Å². The van der Waals surface area contributed by atoms with Crippen LogP contribution in [-0.2, 0) is 13.3 Å². The molecule has 0 aromatic carbocycles. The van der Waals surface area contributed by atoms with Crippen LogP contribution in [0.1, 0.15) is 32.6 Å². The third kappa shape index (κ3) is 5.40. The molecule has 1 unspecified atom stereocenters. The van der Waals surface area contributed by atoms with Crippen LogP contribution in [0, 0.1) is 5.92 Å². The minimum absolute atomic E-state index is 0.669. The molecule has 0 saturated heterocycles. The molecule has 0 heterocycles. The van der Waals surface area contributed by atoms with E-state index in [9.17, 15) is 0 Å². The van der Waals surface area contributed by atoms with Crippen molar-refractivity contribution in [1.82, 2.24) is 0 Å². The first-order chi connectivity index (χ1) is 7.67. The van der Waals surface area contributed by atoms with Crippen molar-refractivity contribution in [2.24, 2.45) is 11.7 Å². The number of nitrogens with two attached hydrogens (primary N) is 1. The van der Waals surface area contributed by atoms with Gasteiger partial charge < -0.3 is 19.0 Å². The fourth-order valence-electron chi connectivity index (χ4n) is 2.01. The predicted octanol–water partition coefficient (Wildman–Crippen LogP) is 2.02. The zero-order valence-electron chi connectivity index (χ0n) is 11.1. The van der Waals surface area contributed by atoms with Crippen LogP contribution in [0.5, 0.6) is 0 Å². The molecule has 5 heteroatoms. The van der Waals surface area contributed by atoms with Crippen molar-refractivity contribution >= 4 is 8.80 Å². The SMILES string of the molecule is CCCC(CCN)CC[Si](OC)(OC)OC. The summed E-state index contributed by atoms with van der Waals surface area (Å²) in [6.07, 6.45) is 4.58. The molecule has 98 valence electrons. The van der Waals surface area contributed by atoms with Crippen LogP contribution in [0.2, 0.25) is 6.04 Å². The molecule has 0 amide bonds. The summed E-state index contributed by atoms with van der Waals surface area (Å²) in [4.78, 5) is 0. The van der Waals surface area contributed by atoms with Crippen molar-refractivity contribution in [2.45, 2.75) is 38.7 Å². The summed E-state index contributed by atoms with van der Waals surface area (Å²) in [6, 6.07) is 0.876. The maximum Gasteiger partial charge on any atom is 0.500 e. The summed E-state index contributed by atoms with van der Waals surface area (Å²) >= 11 is 0. The maximum atomic E-state index is 5.61. The summed E-state index contributed by atoms with van der Waals surface area (Å²) in [7, 11) is 2.61. The second-order valence-electron chi connectivity index (χ2n) is 4.07. The van der Waals surface area contributed by atoms with Gasteiger partial charge in [0.2, 0.25) is 0 Å². The lowest BCUT2D eigenvalue weighted by Gasteiger charge is -2.26. The van der Waals surface area contributed by atoms with Crippen LogP contribution in [0.25, 0.3) is 0 Å². The zero-order valence-corrected chi connectivity index (χ0v) is 12.1. The monoisotopic (exact) mass is 249 g/mol. The van der Waals surface area contributed by atoms with E-state index in [1.54, 1.807) is 21.3 Å². The van der Waals surface area contributed by atoms with Crippen molar-refractivity contribution in [3.63, 3.8) is 0 Å². The van der Waals surface area contributed by atoms with Gasteiger partial charge in [-0.1, -0.05) is 19.8 Å². The second kappa shape index (κ2) is 9.12. The van der Waals surface area contributed by atoms with E-state index in [0.29, 0.717) is 5.92 Å². The molecule has 0 rings (SSSR count). The van der Waals surface area contributed by atoms with Gasteiger partial charge in [-0.15, -0.1) is 0 Å². The number of hydrogen-bond acceptors (Lipinski definition) is 4. The van der Waals surface area contributed by atoms with Gasteiger partial charge in [0, 0.05) is 27.4 Å². The topological polar surface area (TPSA) is 53.7 Å². The molecule has 0 aromatic heterocycles. The molecule has 0 radical (unpaired) electrons. The first kappa shape index (κ1) is 16.1. The highest BCUT2D eigenvalue weighted by Gasteiger charge is 2.37. The molecule has 0 aliphatic heterocycles. The van der Waals surface area contributed by atoms with Crippen LogP contribution in [0.4, 0.5) is 0 Å². The van der Waals surface area contributed by atoms with E-state index in [1.165, 1.54) is 12.8 Å². The first-order valence-corrected chi connectivity index (χ1v) is 7.96. The highest BCUT2D eigenvalue weighted by atomic mass is 28.4. The summed E-state index contributed by atoms with van der Waals surface area (Å²) in [6.45, 7) is 2.96. The lowest BCUT2D eigenvalue weighted by atomic mass is 9.97. The van der Waals surface area contributed by atoms with Crippen molar-refractivity contribution in [3.8, 4) is 0 Å². The zero-order chi connectivity index (χ0) is 12.4. The van der Waals surface area contributed by atoms with Crippen LogP contribution in [-0.4, -0.2) is 36.7 Å². The van der Waals surface area contributed by atoms with Gasteiger partial charge in [0.1, 0.15) is 0 Å².